The Morgan fingerprint density at radius 3 is 1.70 bits per heavy atom. The van der Waals surface area contributed by atoms with E-state index in [0.29, 0.717) is 29.4 Å². The van der Waals surface area contributed by atoms with E-state index in [1.165, 1.54) is 0 Å². The molecule has 148 valence electrons. The fourth-order valence-electron chi connectivity index (χ4n) is 2.73. The van der Waals surface area contributed by atoms with E-state index >= 15 is 0 Å². The third-order valence-electron chi connectivity index (χ3n) is 4.06. The highest BCUT2D eigenvalue weighted by Gasteiger charge is 2.25. The van der Waals surface area contributed by atoms with Crippen LogP contribution in [0.5, 0.6) is 23.0 Å². The van der Waals surface area contributed by atoms with Crippen LogP contribution in [0, 0.1) is 0 Å². The standard InChI is InChI=1S/C18H18Br4O5/c1-24-11-5-8(7-23)9(13(20)16(11)25-2)6-10-12(19)15(22)18(27-4)17(26-3)14(10)21/h5,23H,6-7H2,1-4H3. The van der Waals surface area contributed by atoms with Crippen LogP contribution in [0.3, 0.4) is 0 Å². The Morgan fingerprint density at radius 2 is 1.22 bits per heavy atom. The Hall–Kier alpha value is -0.480. The maximum Gasteiger partial charge on any atom is 0.177 e. The first-order valence-electron chi connectivity index (χ1n) is 7.66. The van der Waals surface area contributed by atoms with E-state index in [0.717, 1.165) is 34.6 Å². The van der Waals surface area contributed by atoms with Crippen molar-refractivity contribution in [1.29, 1.82) is 0 Å². The molecule has 5 nitrogen and oxygen atoms in total. The average molecular weight is 634 g/mol. The Bertz CT molecular complexity index is 855. The number of aliphatic hydroxyl groups is 1. The van der Waals surface area contributed by atoms with Crippen LogP contribution in [0.25, 0.3) is 0 Å². The molecule has 0 saturated carbocycles. The van der Waals surface area contributed by atoms with Crippen molar-refractivity contribution in [1.82, 2.24) is 0 Å². The summed E-state index contributed by atoms with van der Waals surface area (Å²) in [5.41, 5.74) is 2.52. The molecule has 0 unspecified atom stereocenters. The monoisotopic (exact) mass is 630 g/mol. The third-order valence-corrected chi connectivity index (χ3v) is 7.91. The maximum atomic E-state index is 9.89. The lowest BCUT2D eigenvalue weighted by Gasteiger charge is -2.20. The number of ether oxygens (including phenoxy) is 4. The van der Waals surface area contributed by atoms with Gasteiger partial charge in [0, 0.05) is 10.9 Å². The molecule has 0 radical (unpaired) electrons. The number of hydrogen-bond donors (Lipinski definition) is 1. The Balaban J connectivity index is 2.72. The number of benzene rings is 2. The molecule has 0 bridgehead atoms. The van der Waals surface area contributed by atoms with Crippen LogP contribution >= 0.6 is 63.7 Å². The van der Waals surface area contributed by atoms with E-state index in [4.69, 9.17) is 18.9 Å². The molecule has 0 spiro atoms. The van der Waals surface area contributed by atoms with Gasteiger partial charge in [-0.15, -0.1) is 0 Å². The van der Waals surface area contributed by atoms with Gasteiger partial charge in [-0.2, -0.15) is 0 Å². The predicted octanol–water partition coefficient (Wildman–Crippen LogP) is 5.85. The first-order valence-corrected chi connectivity index (χ1v) is 10.8. The highest BCUT2D eigenvalue weighted by atomic mass is 79.9. The lowest BCUT2D eigenvalue weighted by atomic mass is 9.98. The van der Waals surface area contributed by atoms with Crippen molar-refractivity contribution in [3.05, 3.63) is 40.6 Å². The number of hydrogen-bond acceptors (Lipinski definition) is 5. The van der Waals surface area contributed by atoms with Gasteiger partial charge in [0.25, 0.3) is 0 Å². The van der Waals surface area contributed by atoms with Crippen LogP contribution in [0.15, 0.2) is 24.0 Å². The minimum absolute atomic E-state index is 0.141. The number of halogens is 4. The fourth-order valence-corrected chi connectivity index (χ4v) is 5.53. The van der Waals surface area contributed by atoms with Crippen LogP contribution in [0.1, 0.15) is 16.7 Å². The smallest absolute Gasteiger partial charge is 0.177 e. The molecule has 0 aliphatic carbocycles. The van der Waals surface area contributed by atoms with Gasteiger partial charge in [0.1, 0.15) is 0 Å². The highest BCUT2D eigenvalue weighted by molar-refractivity contribution is 9.13. The molecule has 0 amide bonds. The molecule has 0 fully saturated rings. The topological polar surface area (TPSA) is 57.2 Å². The lowest BCUT2D eigenvalue weighted by molar-refractivity contribution is 0.278. The second-order valence-corrected chi connectivity index (χ2v) is 8.56. The summed E-state index contributed by atoms with van der Waals surface area (Å²) in [7, 11) is 6.29. The summed E-state index contributed by atoms with van der Waals surface area (Å²) in [4.78, 5) is 0. The first-order chi connectivity index (χ1) is 12.9. The van der Waals surface area contributed by atoms with Crippen molar-refractivity contribution in [3.63, 3.8) is 0 Å². The Labute approximate surface area is 191 Å². The third kappa shape index (κ3) is 4.27. The molecule has 0 atom stereocenters. The molecule has 2 aromatic rings. The lowest BCUT2D eigenvalue weighted by Crippen LogP contribution is -2.04. The molecule has 0 heterocycles. The van der Waals surface area contributed by atoms with Crippen LogP contribution in [-0.2, 0) is 13.0 Å². The van der Waals surface area contributed by atoms with Crippen molar-refractivity contribution in [3.8, 4) is 23.0 Å². The van der Waals surface area contributed by atoms with E-state index in [1.54, 1.807) is 34.5 Å². The van der Waals surface area contributed by atoms with Crippen LogP contribution in [0.2, 0.25) is 0 Å². The largest absolute Gasteiger partial charge is 0.493 e. The zero-order chi connectivity index (χ0) is 20.3. The zero-order valence-electron chi connectivity index (χ0n) is 15.1. The molecule has 1 N–H and O–H groups in total. The summed E-state index contributed by atoms with van der Waals surface area (Å²) in [5, 5.41) is 9.89. The minimum atomic E-state index is -0.141. The quantitative estimate of drug-likeness (QED) is 0.388. The SMILES string of the molecule is COc1cc(CO)c(Cc2c(Br)c(Br)c(OC)c(OC)c2Br)c(Br)c1OC. The first kappa shape index (κ1) is 22.8. The molecule has 0 aromatic heterocycles. The summed E-state index contributed by atoms with van der Waals surface area (Å²) in [5.74, 6) is 2.26. The summed E-state index contributed by atoms with van der Waals surface area (Å²) in [6, 6.07) is 1.77. The van der Waals surface area contributed by atoms with Crippen LogP contribution < -0.4 is 18.9 Å². The van der Waals surface area contributed by atoms with Crippen LogP contribution in [0.4, 0.5) is 0 Å². The molecule has 0 aliphatic heterocycles. The number of aliphatic hydroxyl groups excluding tert-OH is 1. The van der Waals surface area contributed by atoms with Gasteiger partial charge in [-0.1, -0.05) is 0 Å². The number of rotatable bonds is 7. The predicted molar refractivity (Wildman–Crippen MR) is 119 cm³/mol. The van der Waals surface area contributed by atoms with Gasteiger partial charge in [0.15, 0.2) is 23.0 Å². The molecule has 2 aromatic carbocycles. The summed E-state index contributed by atoms with van der Waals surface area (Å²) in [6.45, 7) is -0.141. The van der Waals surface area contributed by atoms with Gasteiger partial charge >= 0.3 is 0 Å². The number of methoxy groups -OCH3 is 4. The summed E-state index contributed by atoms with van der Waals surface area (Å²) >= 11 is 14.4. The van der Waals surface area contributed by atoms with Crippen molar-refractivity contribution in [2.24, 2.45) is 0 Å². The normalized spacial score (nSPS) is 10.7. The van der Waals surface area contributed by atoms with Crippen molar-refractivity contribution in [2.75, 3.05) is 28.4 Å². The van der Waals surface area contributed by atoms with E-state index in [1.807, 2.05) is 0 Å². The van der Waals surface area contributed by atoms with Gasteiger partial charge < -0.3 is 24.1 Å². The maximum absolute atomic E-state index is 9.89. The van der Waals surface area contributed by atoms with Gasteiger partial charge in [0.05, 0.1) is 48.5 Å². The van der Waals surface area contributed by atoms with E-state index in [-0.39, 0.29) is 6.61 Å². The van der Waals surface area contributed by atoms with E-state index < -0.39 is 0 Å². The second-order valence-electron chi connectivity index (χ2n) is 5.39. The molecule has 0 saturated heterocycles. The van der Waals surface area contributed by atoms with Crippen molar-refractivity contribution >= 4 is 63.7 Å². The van der Waals surface area contributed by atoms with Crippen LogP contribution in [-0.4, -0.2) is 33.5 Å². The second kappa shape index (κ2) is 9.82. The highest BCUT2D eigenvalue weighted by Crippen LogP contribution is 2.50. The zero-order valence-corrected chi connectivity index (χ0v) is 21.4. The van der Waals surface area contributed by atoms with Crippen molar-refractivity contribution < 1.29 is 24.1 Å². The average Bonchev–Trinajstić information content (AvgIpc) is 2.67. The molecular weight excluding hydrogens is 616 g/mol. The van der Waals surface area contributed by atoms with Crippen molar-refractivity contribution in [2.45, 2.75) is 13.0 Å². The van der Waals surface area contributed by atoms with Gasteiger partial charge in [0.2, 0.25) is 0 Å². The van der Waals surface area contributed by atoms with E-state index in [2.05, 4.69) is 63.7 Å². The van der Waals surface area contributed by atoms with Gasteiger partial charge in [-0.25, -0.2) is 0 Å². The Morgan fingerprint density at radius 1 is 0.704 bits per heavy atom. The van der Waals surface area contributed by atoms with Gasteiger partial charge in [-0.3, -0.25) is 0 Å². The van der Waals surface area contributed by atoms with E-state index in [9.17, 15) is 5.11 Å². The van der Waals surface area contributed by atoms with Gasteiger partial charge in [-0.05, 0) is 86.5 Å². The molecule has 9 heteroatoms. The molecule has 2 rings (SSSR count). The molecular formula is C18H18Br4O5. The molecule has 27 heavy (non-hydrogen) atoms. The molecule has 0 aliphatic rings. The summed E-state index contributed by atoms with van der Waals surface area (Å²) < 4.78 is 24.8. The Kier molecular flexibility index (Phi) is 8.30. The fraction of sp³-hybridized carbons (Fsp3) is 0.333. The summed E-state index contributed by atoms with van der Waals surface area (Å²) in [6.07, 6.45) is 0.483. The minimum Gasteiger partial charge on any atom is -0.493 e.